The molecule has 0 unspecified atom stereocenters. The van der Waals surface area contributed by atoms with Crippen LogP contribution in [0.15, 0.2) is 41.3 Å². The Balaban J connectivity index is 2.30. The number of methoxy groups -OCH3 is 1. The number of hydrogen-bond donors (Lipinski definition) is 1. The summed E-state index contributed by atoms with van der Waals surface area (Å²) in [7, 11) is 1.63. The van der Waals surface area contributed by atoms with Gasteiger partial charge in [-0.3, -0.25) is 0 Å². The van der Waals surface area contributed by atoms with Gasteiger partial charge in [0.15, 0.2) is 0 Å². The number of anilines is 2. The van der Waals surface area contributed by atoms with E-state index in [1.54, 1.807) is 13.3 Å². The zero-order valence-electron chi connectivity index (χ0n) is 8.64. The van der Waals surface area contributed by atoms with Crippen LogP contribution in [0, 0.1) is 0 Å². The summed E-state index contributed by atoms with van der Waals surface area (Å²) in [5.74, 6) is 1.48. The highest BCUT2D eigenvalue weighted by molar-refractivity contribution is 9.10. The van der Waals surface area contributed by atoms with Gasteiger partial charge in [0.25, 0.3) is 0 Å². The van der Waals surface area contributed by atoms with Gasteiger partial charge in [-0.2, -0.15) is 0 Å². The van der Waals surface area contributed by atoms with Gasteiger partial charge >= 0.3 is 0 Å². The molecule has 4 nitrogen and oxygen atoms in total. The van der Waals surface area contributed by atoms with Crippen LogP contribution in [0.2, 0.25) is 0 Å². The van der Waals surface area contributed by atoms with Crippen molar-refractivity contribution in [2.24, 2.45) is 0 Å². The molecule has 0 radical (unpaired) electrons. The molecular weight excluding hydrogens is 270 g/mol. The van der Waals surface area contributed by atoms with Crippen LogP contribution in [-0.4, -0.2) is 17.1 Å². The molecule has 1 aromatic heterocycles. The number of rotatable bonds is 3. The summed E-state index contributed by atoms with van der Waals surface area (Å²) in [6.07, 6.45) is 3.17. The van der Waals surface area contributed by atoms with Gasteiger partial charge in [0, 0.05) is 6.20 Å². The molecule has 0 saturated heterocycles. The Morgan fingerprint density at radius 3 is 2.88 bits per heavy atom. The first-order chi connectivity index (χ1) is 7.81. The second kappa shape index (κ2) is 4.94. The lowest BCUT2D eigenvalue weighted by Gasteiger charge is -2.10. The third-order valence-corrected chi connectivity index (χ3v) is 2.61. The predicted octanol–water partition coefficient (Wildman–Crippen LogP) is 2.99. The number of para-hydroxylation sites is 2. The highest BCUT2D eigenvalue weighted by Gasteiger charge is 2.05. The Hall–Kier alpha value is -1.62. The van der Waals surface area contributed by atoms with Crippen LogP contribution >= 0.6 is 15.9 Å². The van der Waals surface area contributed by atoms with E-state index in [2.05, 4.69) is 31.2 Å². The molecule has 16 heavy (non-hydrogen) atoms. The Bertz CT molecular complexity index is 490. The predicted molar refractivity (Wildman–Crippen MR) is 66.0 cm³/mol. The van der Waals surface area contributed by atoms with Crippen LogP contribution in [-0.2, 0) is 0 Å². The summed E-state index contributed by atoms with van der Waals surface area (Å²) >= 11 is 3.37. The van der Waals surface area contributed by atoms with Crippen molar-refractivity contribution in [3.05, 3.63) is 41.3 Å². The van der Waals surface area contributed by atoms with E-state index >= 15 is 0 Å². The van der Waals surface area contributed by atoms with Crippen molar-refractivity contribution in [2.75, 3.05) is 12.4 Å². The summed E-state index contributed by atoms with van der Waals surface area (Å²) in [5.41, 5.74) is 0.865. The smallest absolute Gasteiger partial charge is 0.148 e. The number of hydrogen-bond acceptors (Lipinski definition) is 4. The van der Waals surface area contributed by atoms with Gasteiger partial charge in [0.05, 0.1) is 17.3 Å². The Morgan fingerprint density at radius 1 is 1.31 bits per heavy atom. The molecule has 1 N–H and O–H groups in total. The van der Waals surface area contributed by atoms with Gasteiger partial charge in [0.1, 0.15) is 17.9 Å². The first kappa shape index (κ1) is 10.9. The molecule has 0 saturated carbocycles. The summed E-state index contributed by atoms with van der Waals surface area (Å²) in [4.78, 5) is 8.02. The molecule has 2 aromatic rings. The molecule has 0 aliphatic rings. The molecule has 0 fully saturated rings. The Labute approximate surface area is 102 Å². The first-order valence-corrected chi connectivity index (χ1v) is 5.46. The third-order valence-electron chi connectivity index (χ3n) is 2.03. The molecule has 82 valence electrons. The fraction of sp³-hybridized carbons (Fsp3) is 0.0909. The highest BCUT2D eigenvalue weighted by Crippen LogP contribution is 2.28. The number of nitrogens with zero attached hydrogens (tertiary/aromatic N) is 2. The summed E-state index contributed by atoms with van der Waals surface area (Å²) in [6.45, 7) is 0. The summed E-state index contributed by atoms with van der Waals surface area (Å²) in [5, 5.41) is 3.17. The van der Waals surface area contributed by atoms with Crippen LogP contribution in [0.4, 0.5) is 11.5 Å². The second-order valence-electron chi connectivity index (χ2n) is 3.04. The normalized spacial score (nSPS) is 9.88. The number of nitrogens with one attached hydrogen (secondary N) is 1. The van der Waals surface area contributed by atoms with Crippen molar-refractivity contribution in [3.8, 4) is 5.75 Å². The number of benzene rings is 1. The topological polar surface area (TPSA) is 47.0 Å². The van der Waals surface area contributed by atoms with Crippen molar-refractivity contribution >= 4 is 27.4 Å². The molecule has 0 atom stereocenters. The standard InChI is InChI=1S/C11H10BrN3O/c1-16-10-5-3-2-4-9(10)15-11-8(12)6-13-7-14-11/h2-7H,1H3,(H,13,14,15). The Kier molecular flexibility index (Phi) is 3.36. The third kappa shape index (κ3) is 2.30. The van der Waals surface area contributed by atoms with Crippen LogP contribution in [0.3, 0.4) is 0 Å². The van der Waals surface area contributed by atoms with E-state index in [1.165, 1.54) is 6.33 Å². The Morgan fingerprint density at radius 2 is 2.12 bits per heavy atom. The molecule has 0 aliphatic carbocycles. The average Bonchev–Trinajstić information content (AvgIpc) is 2.33. The zero-order chi connectivity index (χ0) is 11.4. The molecule has 1 aromatic carbocycles. The quantitative estimate of drug-likeness (QED) is 0.938. The van der Waals surface area contributed by atoms with E-state index in [4.69, 9.17) is 4.74 Å². The average molecular weight is 280 g/mol. The summed E-state index contributed by atoms with van der Waals surface area (Å²) < 4.78 is 6.04. The number of aromatic nitrogens is 2. The minimum atomic E-state index is 0.708. The van der Waals surface area contributed by atoms with Gasteiger partial charge in [-0.1, -0.05) is 12.1 Å². The molecule has 0 amide bonds. The lowest BCUT2D eigenvalue weighted by molar-refractivity contribution is 0.417. The minimum Gasteiger partial charge on any atom is -0.495 e. The van der Waals surface area contributed by atoms with Crippen LogP contribution in [0.25, 0.3) is 0 Å². The fourth-order valence-electron chi connectivity index (χ4n) is 1.28. The number of halogens is 1. The van der Waals surface area contributed by atoms with Crippen molar-refractivity contribution in [1.29, 1.82) is 0 Å². The maximum atomic E-state index is 5.24. The fourth-order valence-corrected chi connectivity index (χ4v) is 1.60. The van der Waals surface area contributed by atoms with Crippen LogP contribution in [0.1, 0.15) is 0 Å². The second-order valence-corrected chi connectivity index (χ2v) is 3.90. The van der Waals surface area contributed by atoms with Crippen LogP contribution < -0.4 is 10.1 Å². The lowest BCUT2D eigenvalue weighted by atomic mass is 10.3. The molecule has 2 rings (SSSR count). The molecule has 0 spiro atoms. The monoisotopic (exact) mass is 279 g/mol. The van der Waals surface area contributed by atoms with Crippen LogP contribution in [0.5, 0.6) is 5.75 Å². The van der Waals surface area contributed by atoms with Gasteiger partial charge < -0.3 is 10.1 Å². The van der Waals surface area contributed by atoms with Crippen molar-refractivity contribution in [1.82, 2.24) is 9.97 Å². The SMILES string of the molecule is COc1ccccc1Nc1ncncc1Br. The zero-order valence-corrected chi connectivity index (χ0v) is 10.2. The highest BCUT2D eigenvalue weighted by atomic mass is 79.9. The maximum Gasteiger partial charge on any atom is 0.148 e. The molecular formula is C11H10BrN3O. The van der Waals surface area contributed by atoms with Gasteiger partial charge in [-0.05, 0) is 28.1 Å². The van der Waals surface area contributed by atoms with Crippen molar-refractivity contribution < 1.29 is 4.74 Å². The van der Waals surface area contributed by atoms with Crippen molar-refractivity contribution in [2.45, 2.75) is 0 Å². The van der Waals surface area contributed by atoms with E-state index in [1.807, 2.05) is 24.3 Å². The minimum absolute atomic E-state index is 0.708. The van der Waals surface area contributed by atoms with Crippen molar-refractivity contribution in [3.63, 3.8) is 0 Å². The van der Waals surface area contributed by atoms with E-state index in [9.17, 15) is 0 Å². The summed E-state index contributed by atoms with van der Waals surface area (Å²) in [6, 6.07) is 7.66. The van der Waals surface area contributed by atoms with E-state index in [-0.39, 0.29) is 0 Å². The van der Waals surface area contributed by atoms with Gasteiger partial charge in [-0.15, -0.1) is 0 Å². The van der Waals surface area contributed by atoms with Gasteiger partial charge in [-0.25, -0.2) is 9.97 Å². The van der Waals surface area contributed by atoms with E-state index in [0.717, 1.165) is 15.9 Å². The van der Waals surface area contributed by atoms with Gasteiger partial charge in [0.2, 0.25) is 0 Å². The lowest BCUT2D eigenvalue weighted by Crippen LogP contribution is -1.97. The molecule has 1 heterocycles. The number of ether oxygens (including phenoxy) is 1. The molecule has 0 aliphatic heterocycles. The molecule has 0 bridgehead atoms. The molecule has 5 heteroatoms. The largest absolute Gasteiger partial charge is 0.495 e. The van der Waals surface area contributed by atoms with E-state index < -0.39 is 0 Å². The van der Waals surface area contributed by atoms with E-state index in [0.29, 0.717) is 5.82 Å². The first-order valence-electron chi connectivity index (χ1n) is 4.67. The maximum absolute atomic E-state index is 5.24.